The molecule has 0 saturated carbocycles. The van der Waals surface area contributed by atoms with E-state index in [0.29, 0.717) is 0 Å². The van der Waals surface area contributed by atoms with Gasteiger partial charge in [-0.3, -0.25) is 4.98 Å². The lowest BCUT2D eigenvalue weighted by Crippen LogP contribution is -2.31. The van der Waals surface area contributed by atoms with Gasteiger partial charge in [0.25, 0.3) is 0 Å². The molecule has 122 valence electrons. The zero-order chi connectivity index (χ0) is 14.3. The van der Waals surface area contributed by atoms with Crippen molar-refractivity contribution in [3.05, 3.63) is 41.1 Å². The minimum Gasteiger partial charge on any atom is -0.387 e. The van der Waals surface area contributed by atoms with E-state index in [1.165, 1.54) is 11.1 Å². The number of aryl methyl sites for hydroxylation is 2. The van der Waals surface area contributed by atoms with Crippen LogP contribution in [0, 0.1) is 13.8 Å². The molecule has 5 heteroatoms. The molecule has 22 heavy (non-hydrogen) atoms. The van der Waals surface area contributed by atoms with Gasteiger partial charge in [0.05, 0.1) is 11.6 Å². The van der Waals surface area contributed by atoms with E-state index in [9.17, 15) is 5.11 Å². The van der Waals surface area contributed by atoms with Crippen LogP contribution in [0.15, 0.2) is 24.4 Å². The fourth-order valence-corrected chi connectivity index (χ4v) is 3.26. The van der Waals surface area contributed by atoms with Crippen LogP contribution in [0.25, 0.3) is 10.9 Å². The number of para-hydroxylation sites is 1. The number of halogens is 2. The first-order valence-corrected chi connectivity index (χ1v) is 7.32. The number of benzene rings is 1. The first kappa shape index (κ1) is 19.2. The number of likely N-dealkylation sites (N-methyl/N-ethyl adjacent to an activating group) is 1. The van der Waals surface area contributed by atoms with Crippen molar-refractivity contribution in [2.24, 2.45) is 0 Å². The average Bonchev–Trinajstić information content (AvgIpc) is 2.88. The van der Waals surface area contributed by atoms with Crippen LogP contribution >= 0.6 is 24.8 Å². The lowest BCUT2D eigenvalue weighted by Gasteiger charge is -2.26. The van der Waals surface area contributed by atoms with Crippen LogP contribution < -0.4 is 0 Å². The molecule has 1 aliphatic rings. The Labute approximate surface area is 144 Å². The zero-order valence-corrected chi connectivity index (χ0v) is 14.9. The molecule has 1 saturated heterocycles. The first-order valence-electron chi connectivity index (χ1n) is 7.32. The molecule has 2 heterocycles. The number of aliphatic hydroxyl groups is 1. The van der Waals surface area contributed by atoms with Crippen molar-refractivity contribution in [2.45, 2.75) is 38.8 Å². The molecular formula is C17H24Cl2N2O. The van der Waals surface area contributed by atoms with E-state index in [1.807, 2.05) is 18.3 Å². The van der Waals surface area contributed by atoms with E-state index in [1.54, 1.807) is 0 Å². The number of hydrogen-bond acceptors (Lipinski definition) is 3. The summed E-state index contributed by atoms with van der Waals surface area (Å²) in [5.41, 5.74) is 4.36. The Balaban J connectivity index is 0.00000121. The lowest BCUT2D eigenvalue weighted by molar-refractivity contribution is 0.0867. The third kappa shape index (κ3) is 3.23. The standard InChI is InChI=1S/C17H22N2O.2ClH/c1-11-10-18-16-13(12(11)2)6-4-7-14(16)17(20)15-8-5-9-19(15)3;;/h4,6-7,10,15,17,20H,5,8-9H2,1-3H3;2*1H. The maximum absolute atomic E-state index is 10.8. The van der Waals surface area contributed by atoms with Crippen molar-refractivity contribution in [2.75, 3.05) is 13.6 Å². The fourth-order valence-electron chi connectivity index (χ4n) is 3.26. The Bertz CT molecular complexity index is 648. The second-order valence-corrected chi connectivity index (χ2v) is 5.94. The monoisotopic (exact) mass is 342 g/mol. The molecule has 3 rings (SSSR count). The number of likely N-dealkylation sites (tertiary alicyclic amines) is 1. The molecular weight excluding hydrogens is 319 g/mol. The lowest BCUT2D eigenvalue weighted by atomic mass is 9.95. The topological polar surface area (TPSA) is 36.4 Å². The summed E-state index contributed by atoms with van der Waals surface area (Å²) in [7, 11) is 2.09. The molecule has 0 radical (unpaired) electrons. The molecule has 3 nitrogen and oxygen atoms in total. The number of nitrogens with zero attached hydrogens (tertiary/aromatic N) is 2. The number of rotatable bonds is 2. The normalized spacial score (nSPS) is 19.5. The minimum absolute atomic E-state index is 0. The molecule has 0 aliphatic carbocycles. The van der Waals surface area contributed by atoms with Gasteiger partial charge in [-0.05, 0) is 51.4 Å². The van der Waals surface area contributed by atoms with Crippen LogP contribution in [-0.2, 0) is 0 Å². The smallest absolute Gasteiger partial charge is 0.0966 e. The number of fused-ring (bicyclic) bond motifs is 1. The average molecular weight is 343 g/mol. The minimum atomic E-state index is -0.458. The van der Waals surface area contributed by atoms with Crippen molar-refractivity contribution in [3.8, 4) is 0 Å². The fraction of sp³-hybridized carbons (Fsp3) is 0.471. The molecule has 1 aromatic carbocycles. The second-order valence-electron chi connectivity index (χ2n) is 5.94. The largest absolute Gasteiger partial charge is 0.387 e. The molecule has 2 aromatic rings. The highest BCUT2D eigenvalue weighted by molar-refractivity contribution is 5.86. The maximum atomic E-state index is 10.8. The van der Waals surface area contributed by atoms with E-state index in [2.05, 4.69) is 36.8 Å². The summed E-state index contributed by atoms with van der Waals surface area (Å²) in [6.07, 6.45) is 3.67. The maximum Gasteiger partial charge on any atom is 0.0966 e. The van der Waals surface area contributed by atoms with E-state index < -0.39 is 6.10 Å². The van der Waals surface area contributed by atoms with Crippen molar-refractivity contribution >= 4 is 35.7 Å². The van der Waals surface area contributed by atoms with Crippen molar-refractivity contribution in [1.29, 1.82) is 0 Å². The predicted molar refractivity (Wildman–Crippen MR) is 96.3 cm³/mol. The van der Waals surface area contributed by atoms with Crippen LogP contribution in [0.4, 0.5) is 0 Å². The highest BCUT2D eigenvalue weighted by Crippen LogP contribution is 2.32. The van der Waals surface area contributed by atoms with E-state index in [4.69, 9.17) is 0 Å². The van der Waals surface area contributed by atoms with Crippen LogP contribution in [0.1, 0.15) is 35.6 Å². The van der Waals surface area contributed by atoms with Gasteiger partial charge in [-0.2, -0.15) is 0 Å². The van der Waals surface area contributed by atoms with Crippen LogP contribution in [0.2, 0.25) is 0 Å². The van der Waals surface area contributed by atoms with Crippen LogP contribution in [0.3, 0.4) is 0 Å². The van der Waals surface area contributed by atoms with Gasteiger partial charge in [0.1, 0.15) is 0 Å². The molecule has 1 fully saturated rings. The third-order valence-electron chi connectivity index (χ3n) is 4.71. The van der Waals surface area contributed by atoms with E-state index >= 15 is 0 Å². The van der Waals surface area contributed by atoms with Gasteiger partial charge in [0.2, 0.25) is 0 Å². The number of aromatic nitrogens is 1. The highest BCUT2D eigenvalue weighted by Gasteiger charge is 2.30. The van der Waals surface area contributed by atoms with Crippen molar-refractivity contribution in [3.63, 3.8) is 0 Å². The van der Waals surface area contributed by atoms with Gasteiger partial charge in [0, 0.05) is 23.2 Å². The molecule has 0 bridgehead atoms. The highest BCUT2D eigenvalue weighted by atomic mass is 35.5. The zero-order valence-electron chi connectivity index (χ0n) is 13.2. The predicted octanol–water partition coefficient (Wildman–Crippen LogP) is 3.82. The summed E-state index contributed by atoms with van der Waals surface area (Å²) in [6.45, 7) is 5.27. The van der Waals surface area contributed by atoms with Crippen LogP contribution in [0.5, 0.6) is 0 Å². The number of hydrogen-bond donors (Lipinski definition) is 1. The van der Waals surface area contributed by atoms with E-state index in [0.717, 1.165) is 35.9 Å². The Morgan fingerprint density at radius 3 is 2.64 bits per heavy atom. The van der Waals surface area contributed by atoms with E-state index in [-0.39, 0.29) is 30.9 Å². The summed E-state index contributed by atoms with van der Waals surface area (Å²) >= 11 is 0. The molecule has 1 N–H and O–H groups in total. The Hall–Kier alpha value is -0.870. The molecule has 0 amide bonds. The Morgan fingerprint density at radius 1 is 1.27 bits per heavy atom. The van der Waals surface area contributed by atoms with Gasteiger partial charge >= 0.3 is 0 Å². The van der Waals surface area contributed by atoms with Gasteiger partial charge in [-0.1, -0.05) is 18.2 Å². The molecule has 1 aliphatic heterocycles. The quantitative estimate of drug-likeness (QED) is 0.901. The van der Waals surface area contributed by atoms with Gasteiger partial charge < -0.3 is 10.0 Å². The summed E-state index contributed by atoms with van der Waals surface area (Å²) in [5, 5.41) is 11.9. The molecule has 0 spiro atoms. The summed E-state index contributed by atoms with van der Waals surface area (Å²) in [4.78, 5) is 6.84. The summed E-state index contributed by atoms with van der Waals surface area (Å²) in [6, 6.07) is 6.36. The first-order chi connectivity index (χ1) is 9.59. The molecule has 2 atom stereocenters. The summed E-state index contributed by atoms with van der Waals surface area (Å²) < 4.78 is 0. The molecule has 2 unspecified atom stereocenters. The van der Waals surface area contributed by atoms with Crippen molar-refractivity contribution < 1.29 is 5.11 Å². The third-order valence-corrected chi connectivity index (χ3v) is 4.71. The molecule has 1 aromatic heterocycles. The van der Waals surface area contributed by atoms with Crippen molar-refractivity contribution in [1.82, 2.24) is 9.88 Å². The second kappa shape index (κ2) is 7.60. The Kier molecular flexibility index (Phi) is 6.63. The number of pyridine rings is 1. The van der Waals surface area contributed by atoms with Gasteiger partial charge in [-0.25, -0.2) is 0 Å². The summed E-state index contributed by atoms with van der Waals surface area (Å²) in [5.74, 6) is 0. The SMILES string of the molecule is Cc1cnc2c(C(O)C3CCCN3C)cccc2c1C.Cl.Cl. The number of aliphatic hydroxyl groups excluding tert-OH is 1. The van der Waals surface area contributed by atoms with Gasteiger partial charge in [0.15, 0.2) is 0 Å². The van der Waals surface area contributed by atoms with Gasteiger partial charge in [-0.15, -0.1) is 24.8 Å². The van der Waals surface area contributed by atoms with Crippen LogP contribution in [-0.4, -0.2) is 34.6 Å². The Morgan fingerprint density at radius 2 is 2.00 bits per heavy atom.